The number of carbonyl (C=O) groups excluding carboxylic acids is 1. The van der Waals surface area contributed by atoms with Crippen LogP contribution in [0.4, 0.5) is 0 Å². The first-order chi connectivity index (χ1) is 8.93. The number of hydrogen-bond donors (Lipinski definition) is 1. The van der Waals surface area contributed by atoms with Crippen LogP contribution < -0.4 is 5.32 Å². The Kier molecular flexibility index (Phi) is 9.02. The molecule has 4 heteroatoms. The van der Waals surface area contributed by atoms with Crippen LogP contribution in [0.3, 0.4) is 0 Å². The maximum Gasteiger partial charge on any atom is 0.326 e. The van der Waals surface area contributed by atoms with Crippen LogP contribution in [0.15, 0.2) is 0 Å². The molecular weight excluding hydrogens is 240 g/mol. The van der Waals surface area contributed by atoms with Gasteiger partial charge in [0.1, 0.15) is 5.54 Å². The molecule has 0 saturated carbocycles. The van der Waals surface area contributed by atoms with Crippen molar-refractivity contribution in [3.63, 3.8) is 0 Å². The molecule has 0 rings (SSSR count). The molecule has 0 aliphatic carbocycles. The fraction of sp³-hybridized carbons (Fsp3) is 0.933. The number of nitrogens with one attached hydrogen (secondary N) is 1. The third-order valence-electron chi connectivity index (χ3n) is 3.92. The Bertz CT molecular complexity index is 259. The summed E-state index contributed by atoms with van der Waals surface area (Å²) >= 11 is 0. The molecule has 0 amide bonds. The Morgan fingerprint density at radius 3 is 2.42 bits per heavy atom. The van der Waals surface area contributed by atoms with Crippen LogP contribution in [0.2, 0.25) is 0 Å². The van der Waals surface area contributed by atoms with Crippen LogP contribution in [-0.4, -0.2) is 49.7 Å². The van der Waals surface area contributed by atoms with Crippen LogP contribution in [0, 0.1) is 5.92 Å². The third-order valence-corrected chi connectivity index (χ3v) is 3.92. The van der Waals surface area contributed by atoms with E-state index in [1.807, 2.05) is 20.9 Å². The monoisotopic (exact) mass is 272 g/mol. The molecule has 114 valence electrons. The summed E-state index contributed by atoms with van der Waals surface area (Å²) in [6.07, 6.45) is 1.96. The maximum atomic E-state index is 12.0. The van der Waals surface area contributed by atoms with Crippen molar-refractivity contribution in [2.24, 2.45) is 5.92 Å². The lowest BCUT2D eigenvalue weighted by Crippen LogP contribution is -2.50. The second-order valence-electron chi connectivity index (χ2n) is 5.46. The first kappa shape index (κ1) is 18.4. The van der Waals surface area contributed by atoms with E-state index >= 15 is 0 Å². The summed E-state index contributed by atoms with van der Waals surface area (Å²) in [6, 6.07) is 0. The Balaban J connectivity index is 4.41. The largest absolute Gasteiger partial charge is 0.465 e. The van der Waals surface area contributed by atoms with E-state index in [0.717, 1.165) is 26.1 Å². The van der Waals surface area contributed by atoms with Gasteiger partial charge < -0.3 is 15.0 Å². The van der Waals surface area contributed by atoms with Crippen LogP contribution in [0.1, 0.15) is 47.5 Å². The average molecular weight is 272 g/mol. The van der Waals surface area contributed by atoms with Gasteiger partial charge in [0, 0.05) is 13.1 Å². The van der Waals surface area contributed by atoms with Crippen molar-refractivity contribution in [2.45, 2.75) is 53.0 Å². The molecule has 2 atom stereocenters. The lowest BCUT2D eigenvalue weighted by Gasteiger charge is -2.31. The SMILES string of the molecule is CCOC(=O)C(C)(CCN(CC)CC(C)CC)NC. The summed E-state index contributed by atoms with van der Waals surface area (Å²) in [5, 5.41) is 3.11. The van der Waals surface area contributed by atoms with Crippen molar-refractivity contribution < 1.29 is 9.53 Å². The molecule has 1 N–H and O–H groups in total. The fourth-order valence-corrected chi connectivity index (χ4v) is 1.95. The minimum absolute atomic E-state index is 0.155. The van der Waals surface area contributed by atoms with Gasteiger partial charge in [-0.3, -0.25) is 4.79 Å². The van der Waals surface area contributed by atoms with Gasteiger partial charge in [-0.1, -0.05) is 27.2 Å². The Morgan fingerprint density at radius 2 is 2.00 bits per heavy atom. The number of esters is 1. The standard InChI is InChI=1S/C15H32N2O2/c1-7-13(4)12-17(8-2)11-10-15(5,16-6)14(18)19-9-3/h13,16H,7-12H2,1-6H3. The Labute approximate surface area is 118 Å². The highest BCUT2D eigenvalue weighted by Crippen LogP contribution is 2.14. The first-order valence-corrected chi connectivity index (χ1v) is 7.51. The zero-order valence-corrected chi connectivity index (χ0v) is 13.6. The molecule has 0 saturated heterocycles. The van der Waals surface area contributed by atoms with Crippen molar-refractivity contribution in [3.05, 3.63) is 0 Å². The summed E-state index contributed by atoms with van der Waals surface area (Å²) in [5.41, 5.74) is -0.584. The average Bonchev–Trinajstić information content (AvgIpc) is 2.42. The molecule has 0 heterocycles. The second-order valence-corrected chi connectivity index (χ2v) is 5.46. The minimum Gasteiger partial charge on any atom is -0.465 e. The molecule has 0 spiro atoms. The van der Waals surface area contributed by atoms with Gasteiger partial charge in [-0.2, -0.15) is 0 Å². The normalized spacial score (nSPS) is 16.2. The van der Waals surface area contributed by atoms with Gasteiger partial charge in [-0.05, 0) is 39.8 Å². The number of carbonyl (C=O) groups is 1. The Morgan fingerprint density at radius 1 is 1.37 bits per heavy atom. The quantitative estimate of drug-likeness (QED) is 0.620. The van der Waals surface area contributed by atoms with E-state index in [2.05, 4.69) is 31.0 Å². The lowest BCUT2D eigenvalue weighted by atomic mass is 9.97. The van der Waals surface area contributed by atoms with E-state index in [1.165, 1.54) is 6.42 Å². The molecule has 4 nitrogen and oxygen atoms in total. The van der Waals surface area contributed by atoms with E-state index in [0.29, 0.717) is 12.5 Å². The fourth-order valence-electron chi connectivity index (χ4n) is 1.95. The number of likely N-dealkylation sites (N-methyl/N-ethyl adjacent to an activating group) is 1. The van der Waals surface area contributed by atoms with Crippen LogP contribution in [0.5, 0.6) is 0 Å². The molecular formula is C15H32N2O2. The number of nitrogens with zero attached hydrogens (tertiary/aromatic N) is 1. The summed E-state index contributed by atoms with van der Waals surface area (Å²) < 4.78 is 5.15. The van der Waals surface area contributed by atoms with Crippen molar-refractivity contribution in [1.82, 2.24) is 10.2 Å². The first-order valence-electron chi connectivity index (χ1n) is 7.51. The predicted molar refractivity (Wildman–Crippen MR) is 80.3 cm³/mol. The van der Waals surface area contributed by atoms with Gasteiger partial charge in [-0.15, -0.1) is 0 Å². The predicted octanol–water partition coefficient (Wildman–Crippen LogP) is 2.29. The number of ether oxygens (including phenoxy) is 1. The van der Waals surface area contributed by atoms with Gasteiger partial charge in [0.05, 0.1) is 6.61 Å². The lowest BCUT2D eigenvalue weighted by molar-refractivity contribution is -0.150. The van der Waals surface area contributed by atoms with Crippen LogP contribution in [-0.2, 0) is 9.53 Å². The molecule has 0 aliphatic heterocycles. The van der Waals surface area contributed by atoms with E-state index in [1.54, 1.807) is 0 Å². The van der Waals surface area contributed by atoms with Crippen molar-refractivity contribution in [1.29, 1.82) is 0 Å². The van der Waals surface area contributed by atoms with Crippen molar-refractivity contribution in [3.8, 4) is 0 Å². The third kappa shape index (κ3) is 6.39. The maximum absolute atomic E-state index is 12.0. The molecule has 19 heavy (non-hydrogen) atoms. The molecule has 0 fully saturated rings. The molecule has 0 aliphatic rings. The topological polar surface area (TPSA) is 41.6 Å². The van der Waals surface area contributed by atoms with Crippen LogP contribution >= 0.6 is 0 Å². The summed E-state index contributed by atoms with van der Waals surface area (Å²) in [4.78, 5) is 14.4. The molecule has 0 bridgehead atoms. The van der Waals surface area contributed by atoms with Crippen molar-refractivity contribution in [2.75, 3.05) is 33.3 Å². The molecule has 0 aromatic heterocycles. The molecule has 0 radical (unpaired) electrons. The number of hydrogen-bond acceptors (Lipinski definition) is 4. The highest BCUT2D eigenvalue weighted by molar-refractivity contribution is 5.80. The molecule has 0 aromatic rings. The summed E-state index contributed by atoms with van der Waals surface area (Å²) in [7, 11) is 1.82. The van der Waals surface area contributed by atoms with Gasteiger partial charge in [0.2, 0.25) is 0 Å². The van der Waals surface area contributed by atoms with Gasteiger partial charge in [-0.25, -0.2) is 0 Å². The second kappa shape index (κ2) is 9.32. The van der Waals surface area contributed by atoms with E-state index in [9.17, 15) is 4.79 Å². The van der Waals surface area contributed by atoms with E-state index < -0.39 is 5.54 Å². The van der Waals surface area contributed by atoms with Crippen LogP contribution in [0.25, 0.3) is 0 Å². The van der Waals surface area contributed by atoms with E-state index in [4.69, 9.17) is 4.74 Å². The highest BCUT2D eigenvalue weighted by Gasteiger charge is 2.33. The molecule has 2 unspecified atom stereocenters. The van der Waals surface area contributed by atoms with Gasteiger partial charge in [0.15, 0.2) is 0 Å². The zero-order valence-electron chi connectivity index (χ0n) is 13.6. The van der Waals surface area contributed by atoms with Gasteiger partial charge in [0.25, 0.3) is 0 Å². The van der Waals surface area contributed by atoms with Crippen molar-refractivity contribution >= 4 is 5.97 Å². The number of rotatable bonds is 10. The van der Waals surface area contributed by atoms with E-state index in [-0.39, 0.29) is 5.97 Å². The minimum atomic E-state index is -0.584. The smallest absolute Gasteiger partial charge is 0.326 e. The highest BCUT2D eigenvalue weighted by atomic mass is 16.5. The van der Waals surface area contributed by atoms with Gasteiger partial charge >= 0.3 is 5.97 Å². The Hall–Kier alpha value is -0.610. The molecule has 0 aromatic carbocycles. The summed E-state index contributed by atoms with van der Waals surface area (Å²) in [6.45, 7) is 13.9. The zero-order chi connectivity index (χ0) is 14.9. The summed E-state index contributed by atoms with van der Waals surface area (Å²) in [5.74, 6) is 0.542.